The molecule has 1 aliphatic heterocycles. The van der Waals surface area contributed by atoms with E-state index in [-0.39, 0.29) is 18.4 Å². The number of likely N-dealkylation sites (tertiary alicyclic amines) is 1. The number of carboxylic acid groups (broad SMARTS) is 1. The highest BCUT2D eigenvalue weighted by atomic mass is 35.5. The predicted molar refractivity (Wildman–Crippen MR) is 92.3 cm³/mol. The number of hydrogen-bond donors (Lipinski definition) is 1. The standard InChI is InChI=1S/C18H19ClN2O3/c19-13-6-4-12-5-8-15(20-16(12)11-13)18(24)21-10-2-1-3-14(21)7-9-17(22)23/h4-6,8,11,14H,1-3,7,9-10H2,(H,22,23). The molecular weight excluding hydrogens is 328 g/mol. The molecule has 1 N–H and O–H groups in total. The van der Waals surface area contributed by atoms with Crippen LogP contribution >= 0.6 is 11.6 Å². The summed E-state index contributed by atoms with van der Waals surface area (Å²) in [5, 5.41) is 10.4. The highest BCUT2D eigenvalue weighted by Crippen LogP contribution is 2.24. The van der Waals surface area contributed by atoms with E-state index < -0.39 is 5.97 Å². The van der Waals surface area contributed by atoms with Gasteiger partial charge in [0, 0.05) is 29.4 Å². The van der Waals surface area contributed by atoms with Crippen molar-refractivity contribution in [3.05, 3.63) is 41.0 Å². The highest BCUT2D eigenvalue weighted by molar-refractivity contribution is 6.31. The van der Waals surface area contributed by atoms with E-state index in [1.165, 1.54) is 0 Å². The van der Waals surface area contributed by atoms with Gasteiger partial charge in [-0.3, -0.25) is 9.59 Å². The number of carbonyl (C=O) groups excluding carboxylic acids is 1. The summed E-state index contributed by atoms with van der Waals surface area (Å²) in [5.41, 5.74) is 1.07. The zero-order valence-corrected chi connectivity index (χ0v) is 14.0. The number of halogens is 1. The van der Waals surface area contributed by atoms with E-state index in [0.29, 0.717) is 29.2 Å². The van der Waals surface area contributed by atoms with Crippen LogP contribution in [0.1, 0.15) is 42.6 Å². The Bertz CT molecular complexity index is 778. The van der Waals surface area contributed by atoms with Crippen molar-refractivity contribution in [3.8, 4) is 0 Å². The first kappa shape index (κ1) is 16.7. The lowest BCUT2D eigenvalue weighted by Gasteiger charge is -2.35. The lowest BCUT2D eigenvalue weighted by molar-refractivity contribution is -0.137. The molecule has 1 unspecified atom stereocenters. The van der Waals surface area contributed by atoms with E-state index in [4.69, 9.17) is 16.7 Å². The summed E-state index contributed by atoms with van der Waals surface area (Å²) < 4.78 is 0. The van der Waals surface area contributed by atoms with E-state index in [1.54, 1.807) is 23.1 Å². The van der Waals surface area contributed by atoms with Gasteiger partial charge >= 0.3 is 5.97 Å². The second-order valence-electron chi connectivity index (χ2n) is 6.11. The average molecular weight is 347 g/mol. The van der Waals surface area contributed by atoms with Crippen LogP contribution in [0.2, 0.25) is 5.02 Å². The van der Waals surface area contributed by atoms with E-state index in [9.17, 15) is 9.59 Å². The third-order valence-corrected chi connectivity index (χ3v) is 4.69. The van der Waals surface area contributed by atoms with Crippen LogP contribution in [0.15, 0.2) is 30.3 Å². The molecule has 0 spiro atoms. The maximum atomic E-state index is 12.9. The van der Waals surface area contributed by atoms with Crippen molar-refractivity contribution in [2.45, 2.75) is 38.1 Å². The molecule has 1 aromatic carbocycles. The molecule has 0 saturated carbocycles. The van der Waals surface area contributed by atoms with Crippen molar-refractivity contribution in [1.29, 1.82) is 0 Å². The molecule has 24 heavy (non-hydrogen) atoms. The number of aromatic nitrogens is 1. The Morgan fingerprint density at radius 2 is 2.04 bits per heavy atom. The average Bonchev–Trinajstić information content (AvgIpc) is 2.59. The van der Waals surface area contributed by atoms with Crippen LogP contribution in [0.5, 0.6) is 0 Å². The van der Waals surface area contributed by atoms with Gasteiger partial charge in [0.15, 0.2) is 0 Å². The molecule has 0 radical (unpaired) electrons. The SMILES string of the molecule is O=C(O)CCC1CCCCN1C(=O)c1ccc2ccc(Cl)cc2n1. The molecule has 2 aromatic rings. The van der Waals surface area contributed by atoms with Crippen LogP contribution in [0.4, 0.5) is 0 Å². The molecule has 6 heteroatoms. The van der Waals surface area contributed by atoms with Gasteiger partial charge < -0.3 is 10.0 Å². The Morgan fingerprint density at radius 1 is 1.25 bits per heavy atom. The Morgan fingerprint density at radius 3 is 2.83 bits per heavy atom. The maximum absolute atomic E-state index is 12.9. The molecule has 0 bridgehead atoms. The molecule has 2 heterocycles. The number of hydrogen-bond acceptors (Lipinski definition) is 3. The Kier molecular flexibility index (Phi) is 5.00. The molecule has 5 nitrogen and oxygen atoms in total. The van der Waals surface area contributed by atoms with Gasteiger partial charge in [0.1, 0.15) is 5.69 Å². The number of carboxylic acids is 1. The predicted octanol–water partition coefficient (Wildman–Crippen LogP) is 3.75. The second kappa shape index (κ2) is 7.18. The van der Waals surface area contributed by atoms with Crippen LogP contribution in [-0.4, -0.2) is 39.5 Å². The summed E-state index contributed by atoms with van der Waals surface area (Å²) in [4.78, 5) is 29.9. The summed E-state index contributed by atoms with van der Waals surface area (Å²) in [5.74, 6) is -0.960. The van der Waals surface area contributed by atoms with Gasteiger partial charge in [-0.05, 0) is 43.9 Å². The summed E-state index contributed by atoms with van der Waals surface area (Å²) >= 11 is 6.00. The maximum Gasteiger partial charge on any atom is 0.303 e. The van der Waals surface area contributed by atoms with E-state index in [0.717, 1.165) is 24.6 Å². The van der Waals surface area contributed by atoms with Gasteiger partial charge in [0.2, 0.25) is 0 Å². The monoisotopic (exact) mass is 346 g/mol. The van der Waals surface area contributed by atoms with Crippen LogP contribution < -0.4 is 0 Å². The molecule has 1 amide bonds. The van der Waals surface area contributed by atoms with Crippen molar-refractivity contribution in [3.63, 3.8) is 0 Å². The molecular formula is C18H19ClN2O3. The quantitative estimate of drug-likeness (QED) is 0.915. The second-order valence-corrected chi connectivity index (χ2v) is 6.55. The number of benzene rings is 1. The first-order chi connectivity index (χ1) is 11.5. The molecule has 1 atom stereocenters. The summed E-state index contributed by atoms with van der Waals surface area (Å²) in [6, 6.07) is 8.96. The zero-order valence-electron chi connectivity index (χ0n) is 13.2. The van der Waals surface area contributed by atoms with Gasteiger partial charge in [-0.2, -0.15) is 0 Å². The van der Waals surface area contributed by atoms with E-state index in [2.05, 4.69) is 4.98 Å². The molecule has 0 aliphatic carbocycles. The minimum atomic E-state index is -0.827. The van der Waals surface area contributed by atoms with Gasteiger partial charge in [-0.1, -0.05) is 23.7 Å². The molecule has 1 fully saturated rings. The minimum Gasteiger partial charge on any atom is -0.481 e. The summed E-state index contributed by atoms with van der Waals surface area (Å²) in [6.07, 6.45) is 3.37. The first-order valence-corrected chi connectivity index (χ1v) is 8.51. The molecule has 1 aromatic heterocycles. The number of carbonyl (C=O) groups is 2. The van der Waals surface area contributed by atoms with Gasteiger partial charge in [-0.15, -0.1) is 0 Å². The van der Waals surface area contributed by atoms with Crippen LogP contribution in [0.25, 0.3) is 10.9 Å². The van der Waals surface area contributed by atoms with E-state index in [1.807, 2.05) is 12.1 Å². The van der Waals surface area contributed by atoms with Crippen molar-refractivity contribution in [1.82, 2.24) is 9.88 Å². The van der Waals surface area contributed by atoms with Crippen LogP contribution in [-0.2, 0) is 4.79 Å². The number of amides is 1. The van der Waals surface area contributed by atoms with Crippen LogP contribution in [0.3, 0.4) is 0 Å². The number of aliphatic carboxylic acids is 1. The van der Waals surface area contributed by atoms with Crippen LogP contribution in [0, 0.1) is 0 Å². The zero-order chi connectivity index (χ0) is 17.1. The number of piperidine rings is 1. The number of rotatable bonds is 4. The molecule has 3 rings (SSSR count). The topological polar surface area (TPSA) is 70.5 Å². The third kappa shape index (κ3) is 3.67. The lowest BCUT2D eigenvalue weighted by Crippen LogP contribution is -2.44. The molecule has 126 valence electrons. The summed E-state index contributed by atoms with van der Waals surface area (Å²) in [7, 11) is 0. The van der Waals surface area contributed by atoms with Crippen molar-refractivity contribution in [2.75, 3.05) is 6.54 Å². The third-order valence-electron chi connectivity index (χ3n) is 4.45. The minimum absolute atomic E-state index is 0.0285. The first-order valence-electron chi connectivity index (χ1n) is 8.13. The fourth-order valence-corrected chi connectivity index (χ4v) is 3.38. The summed E-state index contributed by atoms with van der Waals surface area (Å²) in [6.45, 7) is 0.651. The van der Waals surface area contributed by atoms with Gasteiger partial charge in [0.25, 0.3) is 5.91 Å². The van der Waals surface area contributed by atoms with Crippen molar-refractivity contribution >= 4 is 34.4 Å². The molecule has 1 aliphatic rings. The fraction of sp³-hybridized carbons (Fsp3) is 0.389. The van der Waals surface area contributed by atoms with Gasteiger partial charge in [-0.25, -0.2) is 4.98 Å². The Labute approximate surface area is 145 Å². The van der Waals surface area contributed by atoms with Crippen molar-refractivity contribution in [2.24, 2.45) is 0 Å². The number of pyridine rings is 1. The number of fused-ring (bicyclic) bond motifs is 1. The molecule has 1 saturated heterocycles. The normalized spacial score (nSPS) is 17.9. The number of nitrogens with zero attached hydrogens (tertiary/aromatic N) is 2. The largest absolute Gasteiger partial charge is 0.481 e. The smallest absolute Gasteiger partial charge is 0.303 e. The van der Waals surface area contributed by atoms with Gasteiger partial charge in [0.05, 0.1) is 5.52 Å². The Hall–Kier alpha value is -2.14. The van der Waals surface area contributed by atoms with E-state index >= 15 is 0 Å². The lowest BCUT2D eigenvalue weighted by atomic mass is 9.97. The highest BCUT2D eigenvalue weighted by Gasteiger charge is 2.28. The Balaban J connectivity index is 1.84. The fourth-order valence-electron chi connectivity index (χ4n) is 3.21. The van der Waals surface area contributed by atoms with Crippen molar-refractivity contribution < 1.29 is 14.7 Å².